The highest BCUT2D eigenvalue weighted by atomic mass is 16.6. The number of carbonyl (C=O) groups excluding carboxylic acids is 2. The molecule has 1 unspecified atom stereocenters. The summed E-state index contributed by atoms with van der Waals surface area (Å²) in [6.07, 6.45) is 33.2. The predicted octanol–water partition coefficient (Wildman–Crippen LogP) is 7.24. The van der Waals surface area contributed by atoms with Crippen LogP contribution in [0.25, 0.3) is 0 Å². The van der Waals surface area contributed by atoms with Gasteiger partial charge in [-0.15, -0.1) is 0 Å². The lowest BCUT2D eigenvalue weighted by Gasteiger charge is -2.11. The van der Waals surface area contributed by atoms with Crippen molar-refractivity contribution in [2.75, 3.05) is 13.2 Å². The zero-order valence-corrected chi connectivity index (χ0v) is 24.2. The van der Waals surface area contributed by atoms with Crippen LogP contribution in [0.15, 0.2) is 72.9 Å². The van der Waals surface area contributed by atoms with Gasteiger partial charge >= 0.3 is 11.9 Å². The molecule has 0 aliphatic rings. The molecule has 0 aromatic heterocycles. The fraction of sp³-hybridized carbons (Fsp3) is 0.576. The number of esters is 2. The molecule has 2 N–H and O–H groups in total. The van der Waals surface area contributed by atoms with Crippen molar-refractivity contribution in [2.45, 2.75) is 110 Å². The molecule has 0 saturated carbocycles. The van der Waals surface area contributed by atoms with Crippen LogP contribution in [-0.2, 0) is 19.1 Å². The molecule has 0 bridgehead atoms. The van der Waals surface area contributed by atoms with Crippen molar-refractivity contribution in [1.82, 2.24) is 0 Å². The molecule has 0 saturated heterocycles. The first-order valence-corrected chi connectivity index (χ1v) is 14.6. The Kier molecular flexibility index (Phi) is 26.4. The van der Waals surface area contributed by atoms with Gasteiger partial charge in [-0.05, 0) is 44.9 Å². The minimum absolute atomic E-state index is 0.154. The van der Waals surface area contributed by atoms with E-state index in [1.807, 2.05) is 36.5 Å². The molecule has 0 radical (unpaired) electrons. The number of hydrogen-bond donors (Lipinski definition) is 2. The summed E-state index contributed by atoms with van der Waals surface area (Å²) in [5.41, 5.74) is 0. The van der Waals surface area contributed by atoms with Gasteiger partial charge in [0, 0.05) is 12.8 Å². The second-order valence-corrected chi connectivity index (χ2v) is 9.34. The molecule has 6 nitrogen and oxygen atoms in total. The van der Waals surface area contributed by atoms with E-state index in [4.69, 9.17) is 9.47 Å². The van der Waals surface area contributed by atoms with Crippen LogP contribution < -0.4 is 0 Å². The van der Waals surface area contributed by atoms with Gasteiger partial charge in [0.15, 0.2) is 0 Å². The number of aliphatic hydroxyl groups is 2. The number of allylic oxidation sites excluding steroid dienone is 10. The van der Waals surface area contributed by atoms with Gasteiger partial charge in [0.1, 0.15) is 19.3 Å². The molecule has 0 aliphatic carbocycles. The summed E-state index contributed by atoms with van der Waals surface area (Å²) in [6.45, 7) is 3.89. The summed E-state index contributed by atoms with van der Waals surface area (Å²) in [6, 6.07) is 0. The highest BCUT2D eigenvalue weighted by Gasteiger charge is 2.11. The third kappa shape index (κ3) is 28.1. The van der Waals surface area contributed by atoms with Crippen LogP contribution in [0.3, 0.4) is 0 Å². The van der Waals surface area contributed by atoms with E-state index in [1.54, 1.807) is 6.08 Å². The first-order valence-electron chi connectivity index (χ1n) is 14.6. The number of carbonyl (C=O) groups is 2. The Hall–Kier alpha value is -2.70. The Bertz CT molecular complexity index is 775. The number of hydrogen-bond acceptors (Lipinski definition) is 6. The quantitative estimate of drug-likeness (QED) is 0.0576. The summed E-state index contributed by atoms with van der Waals surface area (Å²) in [7, 11) is 0. The van der Waals surface area contributed by atoms with Crippen molar-refractivity contribution in [3.63, 3.8) is 0 Å². The lowest BCUT2D eigenvalue weighted by molar-refractivity contribution is -0.152. The predicted molar refractivity (Wildman–Crippen MR) is 160 cm³/mol. The van der Waals surface area contributed by atoms with Crippen molar-refractivity contribution >= 4 is 11.9 Å². The molecule has 0 fully saturated rings. The topological polar surface area (TPSA) is 93.1 Å². The van der Waals surface area contributed by atoms with Gasteiger partial charge in [0.25, 0.3) is 0 Å². The zero-order valence-electron chi connectivity index (χ0n) is 24.2. The van der Waals surface area contributed by atoms with E-state index in [2.05, 4.69) is 44.2 Å². The summed E-state index contributed by atoms with van der Waals surface area (Å²) in [5, 5.41) is 19.6. The summed E-state index contributed by atoms with van der Waals surface area (Å²) < 4.78 is 10.1. The molecule has 0 spiro atoms. The average molecular weight is 545 g/mol. The van der Waals surface area contributed by atoms with Crippen molar-refractivity contribution < 1.29 is 29.3 Å². The molecule has 0 aliphatic heterocycles. The number of ether oxygens (including phenoxy) is 2. The third-order valence-electron chi connectivity index (χ3n) is 5.55. The van der Waals surface area contributed by atoms with Crippen LogP contribution >= 0.6 is 0 Å². The van der Waals surface area contributed by atoms with Gasteiger partial charge in [-0.3, -0.25) is 9.59 Å². The van der Waals surface area contributed by atoms with Gasteiger partial charge in [-0.1, -0.05) is 112 Å². The van der Waals surface area contributed by atoms with Crippen LogP contribution in [-0.4, -0.2) is 47.6 Å². The molecule has 0 amide bonds. The Morgan fingerprint density at radius 2 is 1.26 bits per heavy atom. The first kappa shape index (κ1) is 36.3. The van der Waals surface area contributed by atoms with Crippen LogP contribution in [0.2, 0.25) is 0 Å². The van der Waals surface area contributed by atoms with E-state index in [-0.39, 0.29) is 31.6 Å². The highest BCUT2D eigenvalue weighted by Crippen LogP contribution is 2.06. The second kappa shape index (κ2) is 28.3. The Labute approximate surface area is 236 Å². The molecule has 0 aromatic carbocycles. The second-order valence-electron chi connectivity index (χ2n) is 9.34. The molecule has 0 heterocycles. The third-order valence-corrected chi connectivity index (χ3v) is 5.55. The molecule has 220 valence electrons. The standard InChI is InChI=1S/C33H52O6/c1-3-5-7-17-22-26-32(36)38-28-31(35)29-39-33(37)27-23-19-16-14-12-10-8-9-11-13-15-18-21-25-30(34)24-20-6-4-2/h6,9-12,15-16,18-21,25,30-31,34-35H,3-5,7-8,13-14,17,22-24,26-29H2,1-2H3/b11-9-,12-10-,18-15+,19-16-,20-6-,25-21+/t30?,31-/m1/s1. The smallest absolute Gasteiger partial charge is 0.306 e. The van der Waals surface area contributed by atoms with Gasteiger partial charge in [-0.25, -0.2) is 0 Å². The van der Waals surface area contributed by atoms with Crippen LogP contribution in [0.1, 0.15) is 97.3 Å². The molecule has 2 atom stereocenters. The SMILES string of the molecule is CC/C=C\CC(O)/C=C/C=C/C/C=C\C/C=C\C/C=C\CCC(=O)OC[C@H](O)COC(=O)CCCCCCC. The van der Waals surface area contributed by atoms with E-state index in [0.717, 1.165) is 51.4 Å². The Balaban J connectivity index is 3.74. The summed E-state index contributed by atoms with van der Waals surface area (Å²) in [5.74, 6) is -0.706. The summed E-state index contributed by atoms with van der Waals surface area (Å²) >= 11 is 0. The maximum atomic E-state index is 11.8. The molecule has 0 rings (SSSR count). The Morgan fingerprint density at radius 1 is 0.667 bits per heavy atom. The Morgan fingerprint density at radius 3 is 1.90 bits per heavy atom. The fourth-order valence-electron chi connectivity index (χ4n) is 3.31. The monoisotopic (exact) mass is 544 g/mol. The number of rotatable bonds is 24. The van der Waals surface area contributed by atoms with E-state index >= 15 is 0 Å². The van der Waals surface area contributed by atoms with Crippen molar-refractivity contribution in [1.29, 1.82) is 0 Å². The van der Waals surface area contributed by atoms with E-state index in [1.165, 1.54) is 6.42 Å². The van der Waals surface area contributed by atoms with Crippen LogP contribution in [0.4, 0.5) is 0 Å². The molecule has 0 aromatic rings. The summed E-state index contributed by atoms with van der Waals surface area (Å²) in [4.78, 5) is 23.4. The zero-order chi connectivity index (χ0) is 28.8. The van der Waals surface area contributed by atoms with Gasteiger partial charge in [0.05, 0.1) is 6.10 Å². The molecular formula is C33H52O6. The molecule has 39 heavy (non-hydrogen) atoms. The molecule has 6 heteroatoms. The van der Waals surface area contributed by atoms with E-state index < -0.39 is 12.2 Å². The lowest BCUT2D eigenvalue weighted by Crippen LogP contribution is -2.25. The van der Waals surface area contributed by atoms with Gasteiger partial charge < -0.3 is 19.7 Å². The van der Waals surface area contributed by atoms with Crippen molar-refractivity contribution in [3.05, 3.63) is 72.9 Å². The normalized spacial score (nSPS) is 14.1. The number of aliphatic hydroxyl groups excluding tert-OH is 2. The number of unbranched alkanes of at least 4 members (excludes halogenated alkanes) is 4. The minimum Gasteiger partial charge on any atom is -0.463 e. The van der Waals surface area contributed by atoms with E-state index in [9.17, 15) is 19.8 Å². The largest absolute Gasteiger partial charge is 0.463 e. The minimum atomic E-state index is -1.00. The van der Waals surface area contributed by atoms with E-state index in [0.29, 0.717) is 19.3 Å². The molecular weight excluding hydrogens is 492 g/mol. The van der Waals surface area contributed by atoms with Crippen LogP contribution in [0.5, 0.6) is 0 Å². The van der Waals surface area contributed by atoms with Gasteiger partial charge in [-0.2, -0.15) is 0 Å². The average Bonchev–Trinajstić information content (AvgIpc) is 2.92. The van der Waals surface area contributed by atoms with Crippen molar-refractivity contribution in [2.24, 2.45) is 0 Å². The first-order chi connectivity index (χ1) is 19.0. The maximum absolute atomic E-state index is 11.8. The lowest BCUT2D eigenvalue weighted by atomic mass is 10.1. The maximum Gasteiger partial charge on any atom is 0.306 e. The fourth-order valence-corrected chi connectivity index (χ4v) is 3.31. The van der Waals surface area contributed by atoms with Gasteiger partial charge in [0.2, 0.25) is 0 Å². The van der Waals surface area contributed by atoms with Crippen molar-refractivity contribution in [3.8, 4) is 0 Å². The highest BCUT2D eigenvalue weighted by molar-refractivity contribution is 5.70. The van der Waals surface area contributed by atoms with Crippen LogP contribution in [0, 0.1) is 0 Å².